The SMILES string of the molecule is CN(C)C1CN(c2nc3ncnc(C4CC4)c3[nH]2)C1.[HH]. The Morgan fingerprint density at radius 1 is 1.32 bits per heavy atom. The number of imidazole rings is 1. The van der Waals surface area contributed by atoms with Crippen molar-refractivity contribution >= 4 is 17.1 Å². The zero-order valence-corrected chi connectivity index (χ0v) is 11.3. The summed E-state index contributed by atoms with van der Waals surface area (Å²) in [5.41, 5.74) is 2.99. The van der Waals surface area contributed by atoms with Crippen LogP contribution < -0.4 is 4.90 Å². The van der Waals surface area contributed by atoms with Gasteiger partial charge in [0.25, 0.3) is 0 Å². The predicted octanol–water partition coefficient (Wildman–Crippen LogP) is 1.23. The molecule has 0 spiro atoms. The van der Waals surface area contributed by atoms with Crippen LogP contribution in [0, 0.1) is 0 Å². The van der Waals surface area contributed by atoms with Crippen molar-refractivity contribution in [1.82, 2.24) is 24.8 Å². The molecule has 0 radical (unpaired) electrons. The average molecular weight is 260 g/mol. The Balaban J connectivity index is 0.00000121. The average Bonchev–Trinajstić information content (AvgIpc) is 3.06. The molecule has 0 bridgehead atoms. The van der Waals surface area contributed by atoms with Gasteiger partial charge in [0.2, 0.25) is 5.95 Å². The molecule has 1 saturated carbocycles. The van der Waals surface area contributed by atoms with Crippen LogP contribution in [0.15, 0.2) is 6.33 Å². The van der Waals surface area contributed by atoms with Gasteiger partial charge in [-0.1, -0.05) is 0 Å². The molecule has 2 aromatic heterocycles. The number of nitrogens with one attached hydrogen (secondary N) is 1. The van der Waals surface area contributed by atoms with Crippen LogP contribution in [0.25, 0.3) is 11.2 Å². The number of nitrogens with zero attached hydrogens (tertiary/aromatic N) is 5. The van der Waals surface area contributed by atoms with Gasteiger partial charge in [-0.05, 0) is 26.9 Å². The van der Waals surface area contributed by atoms with Gasteiger partial charge >= 0.3 is 0 Å². The van der Waals surface area contributed by atoms with Gasteiger partial charge in [-0.3, -0.25) is 0 Å². The Labute approximate surface area is 113 Å². The molecule has 6 nitrogen and oxygen atoms in total. The summed E-state index contributed by atoms with van der Waals surface area (Å²) >= 11 is 0. The Bertz CT molecular complexity index is 614. The largest absolute Gasteiger partial charge is 0.339 e. The molecule has 1 aliphatic heterocycles. The monoisotopic (exact) mass is 260 g/mol. The van der Waals surface area contributed by atoms with Crippen LogP contribution in [0.3, 0.4) is 0 Å². The first-order valence-electron chi connectivity index (χ1n) is 6.84. The van der Waals surface area contributed by atoms with E-state index in [2.05, 4.69) is 43.8 Å². The van der Waals surface area contributed by atoms with Crippen LogP contribution in [-0.4, -0.2) is 58.1 Å². The third-order valence-electron chi connectivity index (χ3n) is 4.16. The summed E-state index contributed by atoms with van der Waals surface area (Å²) in [6, 6.07) is 0.627. The summed E-state index contributed by atoms with van der Waals surface area (Å²) in [4.78, 5) is 21.2. The molecule has 1 N–H and O–H groups in total. The Kier molecular flexibility index (Phi) is 2.29. The molecule has 2 aliphatic rings. The van der Waals surface area contributed by atoms with E-state index in [-0.39, 0.29) is 1.43 Å². The van der Waals surface area contributed by atoms with E-state index in [4.69, 9.17) is 0 Å². The number of rotatable bonds is 3. The van der Waals surface area contributed by atoms with Crippen molar-refractivity contribution in [3.63, 3.8) is 0 Å². The molecular formula is C13H20N6. The molecular weight excluding hydrogens is 240 g/mol. The number of fused-ring (bicyclic) bond motifs is 1. The van der Waals surface area contributed by atoms with Gasteiger partial charge in [-0.2, -0.15) is 4.98 Å². The van der Waals surface area contributed by atoms with E-state index in [0.717, 1.165) is 35.9 Å². The molecule has 2 aromatic rings. The van der Waals surface area contributed by atoms with Crippen LogP contribution in [-0.2, 0) is 0 Å². The fourth-order valence-corrected chi connectivity index (χ4v) is 2.61. The van der Waals surface area contributed by atoms with Crippen molar-refractivity contribution < 1.29 is 1.43 Å². The molecule has 3 heterocycles. The highest BCUT2D eigenvalue weighted by Crippen LogP contribution is 2.41. The van der Waals surface area contributed by atoms with Crippen molar-refractivity contribution in [3.8, 4) is 0 Å². The predicted molar refractivity (Wildman–Crippen MR) is 75.5 cm³/mol. The summed E-state index contributed by atoms with van der Waals surface area (Å²) in [6.07, 6.45) is 4.12. The summed E-state index contributed by atoms with van der Waals surface area (Å²) in [5, 5.41) is 0. The lowest BCUT2D eigenvalue weighted by molar-refractivity contribution is 0.245. The van der Waals surface area contributed by atoms with Gasteiger partial charge in [0.15, 0.2) is 5.65 Å². The van der Waals surface area contributed by atoms with E-state index >= 15 is 0 Å². The quantitative estimate of drug-likeness (QED) is 0.899. The topological polar surface area (TPSA) is 60.9 Å². The van der Waals surface area contributed by atoms with Crippen LogP contribution in [0.2, 0.25) is 0 Å². The highest BCUT2D eigenvalue weighted by atomic mass is 15.4. The van der Waals surface area contributed by atoms with Gasteiger partial charge in [-0.25, -0.2) is 9.97 Å². The van der Waals surface area contributed by atoms with E-state index in [1.807, 2.05) is 0 Å². The van der Waals surface area contributed by atoms with Crippen molar-refractivity contribution in [2.45, 2.75) is 24.8 Å². The third kappa shape index (κ3) is 1.78. The third-order valence-corrected chi connectivity index (χ3v) is 4.16. The Morgan fingerprint density at radius 2 is 2.11 bits per heavy atom. The molecule has 6 heteroatoms. The first-order chi connectivity index (χ1) is 9.22. The molecule has 4 rings (SSSR count). The minimum absolute atomic E-state index is 0. The highest BCUT2D eigenvalue weighted by molar-refractivity contribution is 5.76. The minimum Gasteiger partial charge on any atom is -0.339 e. The summed E-state index contributed by atoms with van der Waals surface area (Å²) in [5.74, 6) is 1.56. The molecule has 0 unspecified atom stereocenters. The fourth-order valence-electron chi connectivity index (χ4n) is 2.61. The van der Waals surface area contributed by atoms with Gasteiger partial charge in [-0.15, -0.1) is 0 Å². The number of hydrogen-bond acceptors (Lipinski definition) is 5. The molecule has 0 amide bonds. The normalized spacial score (nSPS) is 20.3. The lowest BCUT2D eigenvalue weighted by atomic mass is 10.1. The number of anilines is 1. The second-order valence-electron chi connectivity index (χ2n) is 5.81. The maximum Gasteiger partial charge on any atom is 0.205 e. The van der Waals surface area contributed by atoms with E-state index in [0.29, 0.717) is 12.0 Å². The molecule has 1 saturated heterocycles. The maximum atomic E-state index is 4.60. The second kappa shape index (κ2) is 3.90. The van der Waals surface area contributed by atoms with Crippen LogP contribution >= 0.6 is 0 Å². The van der Waals surface area contributed by atoms with Gasteiger partial charge in [0.1, 0.15) is 11.8 Å². The molecule has 1 aliphatic carbocycles. The van der Waals surface area contributed by atoms with Crippen molar-refractivity contribution in [3.05, 3.63) is 12.0 Å². The number of aromatic amines is 1. The molecule has 0 atom stereocenters. The first kappa shape index (κ1) is 11.2. The number of likely N-dealkylation sites (N-methyl/N-ethyl adjacent to an activating group) is 1. The van der Waals surface area contributed by atoms with Crippen LogP contribution in [0.4, 0.5) is 5.95 Å². The number of hydrogen-bond donors (Lipinski definition) is 1. The molecule has 0 aromatic carbocycles. The van der Waals surface area contributed by atoms with Crippen LogP contribution in [0.1, 0.15) is 25.9 Å². The zero-order chi connectivity index (χ0) is 13.0. The molecule has 102 valence electrons. The van der Waals surface area contributed by atoms with Gasteiger partial charge in [0.05, 0.1) is 5.69 Å². The lowest BCUT2D eigenvalue weighted by Gasteiger charge is -2.42. The summed E-state index contributed by atoms with van der Waals surface area (Å²) in [7, 11) is 4.24. The smallest absolute Gasteiger partial charge is 0.205 e. The van der Waals surface area contributed by atoms with E-state index in [1.54, 1.807) is 6.33 Å². The van der Waals surface area contributed by atoms with E-state index in [1.165, 1.54) is 12.8 Å². The number of H-pyrrole nitrogens is 1. The Morgan fingerprint density at radius 3 is 2.79 bits per heavy atom. The van der Waals surface area contributed by atoms with Crippen molar-refractivity contribution in [1.29, 1.82) is 0 Å². The maximum absolute atomic E-state index is 4.60. The zero-order valence-electron chi connectivity index (χ0n) is 11.3. The summed E-state index contributed by atoms with van der Waals surface area (Å²) < 4.78 is 0. The lowest BCUT2D eigenvalue weighted by Crippen LogP contribution is -2.57. The van der Waals surface area contributed by atoms with Gasteiger partial charge < -0.3 is 14.8 Å². The second-order valence-corrected chi connectivity index (χ2v) is 5.81. The van der Waals surface area contributed by atoms with E-state index < -0.39 is 0 Å². The first-order valence-corrected chi connectivity index (χ1v) is 6.84. The van der Waals surface area contributed by atoms with Crippen molar-refractivity contribution in [2.75, 3.05) is 32.1 Å². The van der Waals surface area contributed by atoms with E-state index in [9.17, 15) is 0 Å². The van der Waals surface area contributed by atoms with Crippen molar-refractivity contribution in [2.24, 2.45) is 0 Å². The molecule has 19 heavy (non-hydrogen) atoms. The standard InChI is InChI=1S/C13H18N6.H2/c1-18(2)9-5-19(6-9)13-16-11-10(8-3-4-8)14-7-15-12(11)17-13;/h7-9H,3-6H2,1-2H3,(H,14,15,16,17);1H. The van der Waals surface area contributed by atoms with Crippen LogP contribution in [0.5, 0.6) is 0 Å². The number of aromatic nitrogens is 4. The Hall–Kier alpha value is -1.69. The highest BCUT2D eigenvalue weighted by Gasteiger charge is 2.32. The fraction of sp³-hybridized carbons (Fsp3) is 0.615. The minimum atomic E-state index is 0. The molecule has 2 fully saturated rings. The summed E-state index contributed by atoms with van der Waals surface area (Å²) in [6.45, 7) is 2.05. The van der Waals surface area contributed by atoms with Gasteiger partial charge in [0, 0.05) is 26.5 Å².